The molecule has 0 aromatic heterocycles. The minimum atomic E-state index is -1.06. The third-order valence-electron chi connectivity index (χ3n) is 3.70. The smallest absolute Gasteiger partial charge is 0.315 e. The van der Waals surface area contributed by atoms with Crippen molar-refractivity contribution in [2.45, 2.75) is 42.4 Å². The highest BCUT2D eigenvalue weighted by Crippen LogP contribution is 2.29. The highest BCUT2D eigenvalue weighted by molar-refractivity contribution is 7.99. The Morgan fingerprint density at radius 2 is 2.09 bits per heavy atom. The number of thioether (sulfide) groups is 1. The van der Waals surface area contributed by atoms with E-state index in [1.807, 2.05) is 42.1 Å². The maximum Gasteiger partial charge on any atom is 0.315 e. The zero-order valence-corrected chi connectivity index (χ0v) is 14.6. The van der Waals surface area contributed by atoms with Crippen molar-refractivity contribution in [3.05, 3.63) is 30.3 Å². The molecule has 1 aromatic carbocycles. The molecule has 2 amide bonds. The van der Waals surface area contributed by atoms with Crippen LogP contribution >= 0.6 is 11.8 Å². The van der Waals surface area contributed by atoms with Crippen LogP contribution in [-0.4, -0.2) is 39.6 Å². The van der Waals surface area contributed by atoms with Gasteiger partial charge in [-0.1, -0.05) is 25.1 Å². The molecule has 3 atom stereocenters. The molecule has 0 aliphatic heterocycles. The Hall–Kier alpha value is -1.01. The van der Waals surface area contributed by atoms with Gasteiger partial charge >= 0.3 is 6.03 Å². The number of benzene rings is 1. The van der Waals surface area contributed by atoms with E-state index < -0.39 is 10.8 Å². The van der Waals surface area contributed by atoms with E-state index in [1.165, 1.54) is 6.42 Å². The van der Waals surface area contributed by atoms with Crippen LogP contribution in [-0.2, 0) is 10.8 Å². The number of carbonyl (C=O) groups excluding carboxylic acids is 1. The summed E-state index contributed by atoms with van der Waals surface area (Å²) in [6.45, 7) is 2.60. The van der Waals surface area contributed by atoms with Crippen LogP contribution in [0.15, 0.2) is 35.2 Å². The lowest BCUT2D eigenvalue weighted by molar-refractivity contribution is 0.238. The lowest BCUT2D eigenvalue weighted by atomic mass is 10.2. The first-order chi connectivity index (χ1) is 10.7. The Balaban J connectivity index is 1.63. The molecular weight excluding hydrogens is 316 g/mol. The molecule has 6 heteroatoms. The van der Waals surface area contributed by atoms with Gasteiger partial charge in [-0.3, -0.25) is 4.21 Å². The van der Waals surface area contributed by atoms with E-state index >= 15 is 0 Å². The van der Waals surface area contributed by atoms with Crippen molar-refractivity contribution < 1.29 is 9.00 Å². The number of nitrogens with one attached hydrogen (secondary N) is 2. The Labute approximate surface area is 139 Å². The Bertz CT molecular complexity index is 496. The molecule has 4 nitrogen and oxygen atoms in total. The number of amides is 2. The molecule has 122 valence electrons. The maximum absolute atomic E-state index is 12.0. The second kappa shape index (κ2) is 9.20. The van der Waals surface area contributed by atoms with Gasteiger partial charge in [0, 0.05) is 28.5 Å². The third kappa shape index (κ3) is 5.65. The molecule has 1 saturated carbocycles. The minimum absolute atomic E-state index is 0.141. The van der Waals surface area contributed by atoms with Gasteiger partial charge in [0.15, 0.2) is 0 Å². The standard InChI is InChI=1S/C16H24N2O2S2/c1-2-21-14-9-8-13(12-14)18-16(19)17-10-11-22(20)15-6-4-3-5-7-15/h3-7,13-14H,2,8-12H2,1H3,(H2,17,18,19)/t13-,14+,22+/m0/s1. The molecule has 2 rings (SSSR count). The molecule has 22 heavy (non-hydrogen) atoms. The van der Waals surface area contributed by atoms with Crippen LogP contribution in [0.25, 0.3) is 0 Å². The van der Waals surface area contributed by atoms with Crippen LogP contribution < -0.4 is 10.6 Å². The number of urea groups is 1. The number of rotatable bonds is 7. The van der Waals surface area contributed by atoms with Gasteiger partial charge in [0.1, 0.15) is 0 Å². The van der Waals surface area contributed by atoms with Crippen LogP contribution in [0, 0.1) is 0 Å². The van der Waals surface area contributed by atoms with Gasteiger partial charge in [-0.15, -0.1) is 0 Å². The average Bonchev–Trinajstić information content (AvgIpc) is 2.95. The molecule has 1 fully saturated rings. The minimum Gasteiger partial charge on any atom is -0.337 e. The van der Waals surface area contributed by atoms with E-state index in [0.717, 1.165) is 23.5 Å². The van der Waals surface area contributed by atoms with Gasteiger partial charge < -0.3 is 10.6 Å². The summed E-state index contributed by atoms with van der Waals surface area (Å²) < 4.78 is 12.0. The normalized spacial score (nSPS) is 22.2. The SMILES string of the molecule is CCS[C@@H]1CC[C@H](NC(=O)NCC[S@@](=O)c2ccccc2)C1. The van der Waals surface area contributed by atoms with Crippen molar-refractivity contribution in [1.82, 2.24) is 10.6 Å². The molecule has 0 spiro atoms. The van der Waals surface area contributed by atoms with Crippen molar-refractivity contribution in [2.75, 3.05) is 18.1 Å². The molecule has 1 aliphatic carbocycles. The van der Waals surface area contributed by atoms with E-state index in [4.69, 9.17) is 0 Å². The third-order valence-corrected chi connectivity index (χ3v) is 6.31. The monoisotopic (exact) mass is 340 g/mol. The summed E-state index contributed by atoms with van der Waals surface area (Å²) in [6, 6.07) is 9.48. The van der Waals surface area contributed by atoms with Gasteiger partial charge in [0.2, 0.25) is 0 Å². The van der Waals surface area contributed by atoms with Gasteiger partial charge in [-0.05, 0) is 37.1 Å². The fraction of sp³-hybridized carbons (Fsp3) is 0.562. The van der Waals surface area contributed by atoms with Crippen LogP contribution in [0.4, 0.5) is 4.79 Å². The first kappa shape index (κ1) is 17.3. The van der Waals surface area contributed by atoms with Crippen molar-refractivity contribution >= 4 is 28.6 Å². The fourth-order valence-electron chi connectivity index (χ4n) is 2.64. The summed E-state index contributed by atoms with van der Waals surface area (Å²) in [7, 11) is -1.06. The highest BCUT2D eigenvalue weighted by atomic mass is 32.2. The Morgan fingerprint density at radius 3 is 2.82 bits per heavy atom. The largest absolute Gasteiger partial charge is 0.337 e. The summed E-state index contributed by atoms with van der Waals surface area (Å²) in [4.78, 5) is 12.7. The lowest BCUT2D eigenvalue weighted by Crippen LogP contribution is -2.42. The van der Waals surface area contributed by atoms with Crippen molar-refractivity contribution in [1.29, 1.82) is 0 Å². The van der Waals surface area contributed by atoms with Gasteiger partial charge in [-0.25, -0.2) is 4.79 Å². The molecule has 2 N–H and O–H groups in total. The summed E-state index contributed by atoms with van der Waals surface area (Å²) in [5.74, 6) is 1.57. The van der Waals surface area contributed by atoms with Gasteiger partial charge in [0.05, 0.1) is 10.8 Å². The number of hydrogen-bond acceptors (Lipinski definition) is 3. The lowest BCUT2D eigenvalue weighted by Gasteiger charge is -2.14. The average molecular weight is 341 g/mol. The zero-order valence-electron chi connectivity index (χ0n) is 12.9. The summed E-state index contributed by atoms with van der Waals surface area (Å²) in [5.41, 5.74) is 0. The zero-order chi connectivity index (χ0) is 15.8. The predicted octanol–water partition coefficient (Wildman–Crippen LogP) is 2.77. The molecule has 0 saturated heterocycles. The molecule has 0 unspecified atom stereocenters. The van der Waals surface area contributed by atoms with E-state index in [-0.39, 0.29) is 12.1 Å². The first-order valence-electron chi connectivity index (χ1n) is 7.78. The van der Waals surface area contributed by atoms with E-state index in [0.29, 0.717) is 17.5 Å². The first-order valence-corrected chi connectivity index (χ1v) is 10.1. The Kier molecular flexibility index (Phi) is 7.25. The van der Waals surface area contributed by atoms with Gasteiger partial charge in [-0.2, -0.15) is 11.8 Å². The van der Waals surface area contributed by atoms with Crippen LogP contribution in [0.5, 0.6) is 0 Å². The van der Waals surface area contributed by atoms with Gasteiger partial charge in [0.25, 0.3) is 0 Å². The predicted molar refractivity (Wildman–Crippen MR) is 93.8 cm³/mol. The summed E-state index contributed by atoms with van der Waals surface area (Å²) >= 11 is 1.98. The molecular formula is C16H24N2O2S2. The number of carbonyl (C=O) groups is 1. The van der Waals surface area contributed by atoms with Crippen molar-refractivity contribution in [2.24, 2.45) is 0 Å². The molecule has 0 heterocycles. The maximum atomic E-state index is 12.0. The summed E-state index contributed by atoms with van der Waals surface area (Å²) in [6.07, 6.45) is 3.30. The van der Waals surface area contributed by atoms with E-state index in [1.54, 1.807) is 0 Å². The topological polar surface area (TPSA) is 58.2 Å². The quantitative estimate of drug-likeness (QED) is 0.802. The highest BCUT2D eigenvalue weighted by Gasteiger charge is 2.25. The Morgan fingerprint density at radius 1 is 1.32 bits per heavy atom. The molecule has 1 aliphatic rings. The van der Waals surface area contributed by atoms with E-state index in [2.05, 4.69) is 17.6 Å². The van der Waals surface area contributed by atoms with Crippen molar-refractivity contribution in [3.8, 4) is 0 Å². The second-order valence-corrected chi connectivity index (χ2v) is 8.50. The fourth-order valence-corrected chi connectivity index (χ4v) is 4.77. The molecule has 0 bridgehead atoms. The van der Waals surface area contributed by atoms with Crippen LogP contribution in [0.1, 0.15) is 26.2 Å². The molecule has 0 radical (unpaired) electrons. The summed E-state index contributed by atoms with van der Waals surface area (Å²) in [5, 5.41) is 6.51. The van der Waals surface area contributed by atoms with E-state index in [9.17, 15) is 9.00 Å². The van der Waals surface area contributed by atoms with Crippen LogP contribution in [0.3, 0.4) is 0 Å². The number of hydrogen-bond donors (Lipinski definition) is 2. The van der Waals surface area contributed by atoms with Crippen molar-refractivity contribution in [3.63, 3.8) is 0 Å². The second-order valence-electron chi connectivity index (χ2n) is 5.35. The van der Waals surface area contributed by atoms with Crippen LogP contribution in [0.2, 0.25) is 0 Å². The molecule has 1 aromatic rings.